The number of nitriles is 1. The van der Waals surface area contributed by atoms with Crippen molar-refractivity contribution in [3.05, 3.63) is 84.1 Å². The first-order valence-electron chi connectivity index (χ1n) is 13.4. The molecule has 2 aliphatic rings. The highest BCUT2D eigenvalue weighted by Gasteiger charge is 2.37. The van der Waals surface area contributed by atoms with Gasteiger partial charge >= 0.3 is 0 Å². The van der Waals surface area contributed by atoms with Gasteiger partial charge in [-0.3, -0.25) is 19.3 Å². The van der Waals surface area contributed by atoms with Crippen molar-refractivity contribution in [2.75, 3.05) is 23.3 Å². The molecule has 9 nitrogen and oxygen atoms in total. The fraction of sp³-hybridized carbons (Fsp3) is 0.300. The number of rotatable bonds is 7. The molecule has 4 aromatic rings. The maximum absolute atomic E-state index is 14.4. The number of hydrogen-bond acceptors (Lipinski definition) is 6. The second-order valence-electron chi connectivity index (χ2n) is 10.5. The lowest BCUT2D eigenvalue weighted by Crippen LogP contribution is -2.42. The molecule has 0 unspecified atom stereocenters. The van der Waals surface area contributed by atoms with Crippen LogP contribution in [0.2, 0.25) is 0 Å². The number of pyridine rings is 1. The maximum atomic E-state index is 14.4. The van der Waals surface area contributed by atoms with Crippen molar-refractivity contribution in [3.8, 4) is 6.07 Å². The van der Waals surface area contributed by atoms with Gasteiger partial charge in [0.1, 0.15) is 12.4 Å². The average Bonchev–Trinajstić information content (AvgIpc) is 3.68. The quantitative estimate of drug-likeness (QED) is 0.366. The van der Waals surface area contributed by atoms with Gasteiger partial charge in [-0.05, 0) is 49.4 Å². The molecule has 6 rings (SSSR count). The van der Waals surface area contributed by atoms with Crippen LogP contribution in [-0.4, -0.2) is 45.7 Å². The van der Waals surface area contributed by atoms with Gasteiger partial charge in [-0.2, -0.15) is 10.4 Å². The highest BCUT2D eigenvalue weighted by Crippen LogP contribution is 2.39. The Balaban J connectivity index is 1.27. The summed E-state index contributed by atoms with van der Waals surface area (Å²) in [5.74, 6) is -0.970. The Kier molecular flexibility index (Phi) is 6.64. The van der Waals surface area contributed by atoms with Crippen LogP contribution in [0.1, 0.15) is 41.6 Å². The fourth-order valence-electron chi connectivity index (χ4n) is 5.35. The normalized spacial score (nSPS) is 16.4. The van der Waals surface area contributed by atoms with Gasteiger partial charge in [-0.25, -0.2) is 4.39 Å². The van der Waals surface area contributed by atoms with Crippen LogP contribution in [0, 0.1) is 17.1 Å². The molecule has 2 fully saturated rings. The van der Waals surface area contributed by atoms with E-state index in [1.54, 1.807) is 12.3 Å². The lowest BCUT2D eigenvalue weighted by Gasteiger charge is -2.39. The molecule has 2 amide bonds. The third-order valence-corrected chi connectivity index (χ3v) is 7.66. The van der Waals surface area contributed by atoms with Crippen molar-refractivity contribution in [2.45, 2.75) is 43.7 Å². The number of nitrogens with zero attached hydrogens (tertiary/aromatic N) is 5. The van der Waals surface area contributed by atoms with Crippen LogP contribution in [0.3, 0.4) is 0 Å². The molecule has 0 atom stereocenters. The predicted molar refractivity (Wildman–Crippen MR) is 148 cm³/mol. The van der Waals surface area contributed by atoms with Crippen LogP contribution in [0.25, 0.3) is 10.9 Å². The zero-order valence-electron chi connectivity index (χ0n) is 21.8. The Hall–Kier alpha value is -4.78. The van der Waals surface area contributed by atoms with Crippen LogP contribution in [0.4, 0.5) is 15.8 Å². The van der Waals surface area contributed by atoms with E-state index in [1.807, 2.05) is 35.2 Å². The van der Waals surface area contributed by atoms with Crippen molar-refractivity contribution < 1.29 is 14.0 Å². The van der Waals surface area contributed by atoms with Crippen molar-refractivity contribution >= 4 is 34.1 Å². The lowest BCUT2D eigenvalue weighted by molar-refractivity contribution is -0.122. The number of piperidine rings is 1. The molecule has 40 heavy (non-hydrogen) atoms. The number of carbonyl (C=O) groups is 2. The monoisotopic (exact) mass is 537 g/mol. The van der Waals surface area contributed by atoms with Crippen LogP contribution in [0.5, 0.6) is 0 Å². The van der Waals surface area contributed by atoms with Crippen LogP contribution >= 0.6 is 0 Å². The largest absolute Gasteiger partial charge is 0.370 e. The Labute approximate surface area is 230 Å². The average molecular weight is 538 g/mol. The summed E-state index contributed by atoms with van der Waals surface area (Å²) < 4.78 is 15.9. The molecule has 3 heterocycles. The summed E-state index contributed by atoms with van der Waals surface area (Å²) in [6.07, 6.45) is 7.70. The van der Waals surface area contributed by atoms with E-state index in [0.29, 0.717) is 53.8 Å². The molecule has 1 aliphatic carbocycles. The van der Waals surface area contributed by atoms with Crippen molar-refractivity contribution in [3.63, 3.8) is 0 Å². The number of halogens is 1. The van der Waals surface area contributed by atoms with Gasteiger partial charge in [-0.15, -0.1) is 0 Å². The van der Waals surface area contributed by atoms with Crippen molar-refractivity contribution in [1.29, 1.82) is 5.26 Å². The van der Waals surface area contributed by atoms with E-state index in [0.717, 1.165) is 18.4 Å². The Morgan fingerprint density at radius 2 is 1.88 bits per heavy atom. The predicted octanol–water partition coefficient (Wildman–Crippen LogP) is 4.16. The van der Waals surface area contributed by atoms with E-state index >= 15 is 0 Å². The molecule has 1 saturated heterocycles. The SMILES string of the molecule is N#CC1(c2ccccc2)CCN(c2c(C(=O)Nc3cnn(CC(=O)NC4CC4)c3)cnc3ccc(F)cc23)CC1. The Morgan fingerprint density at radius 3 is 2.60 bits per heavy atom. The zero-order chi connectivity index (χ0) is 27.7. The van der Waals surface area contributed by atoms with E-state index in [9.17, 15) is 19.2 Å². The summed E-state index contributed by atoms with van der Waals surface area (Å²) in [7, 11) is 0. The molecule has 0 bridgehead atoms. The first-order chi connectivity index (χ1) is 19.4. The molecule has 2 N–H and O–H groups in total. The second kappa shape index (κ2) is 10.4. The number of fused-ring (bicyclic) bond motifs is 1. The number of hydrogen-bond donors (Lipinski definition) is 2. The number of carbonyl (C=O) groups excluding carboxylic acids is 2. The third kappa shape index (κ3) is 5.10. The summed E-state index contributed by atoms with van der Waals surface area (Å²) in [5, 5.41) is 20.6. The zero-order valence-corrected chi connectivity index (χ0v) is 21.8. The highest BCUT2D eigenvalue weighted by molar-refractivity contribution is 6.12. The lowest BCUT2D eigenvalue weighted by atomic mass is 9.74. The van der Waals surface area contributed by atoms with Crippen LogP contribution in [0.15, 0.2) is 67.1 Å². The summed E-state index contributed by atoms with van der Waals surface area (Å²) in [5.41, 5.74) is 2.22. The van der Waals surface area contributed by atoms with Gasteiger partial charge in [0.05, 0.1) is 40.1 Å². The molecular formula is C30H28FN7O2. The van der Waals surface area contributed by atoms with E-state index in [4.69, 9.17) is 0 Å². The van der Waals surface area contributed by atoms with E-state index < -0.39 is 17.1 Å². The number of anilines is 2. The first kappa shape index (κ1) is 25.5. The van der Waals surface area contributed by atoms with Crippen molar-refractivity contribution in [2.24, 2.45) is 0 Å². The summed E-state index contributed by atoms with van der Waals surface area (Å²) >= 11 is 0. The van der Waals surface area contributed by atoms with Gasteiger partial charge in [-0.1, -0.05) is 30.3 Å². The van der Waals surface area contributed by atoms with E-state index in [-0.39, 0.29) is 18.5 Å². The molecule has 2 aromatic carbocycles. The minimum atomic E-state index is -0.630. The molecule has 0 radical (unpaired) electrons. The third-order valence-electron chi connectivity index (χ3n) is 7.66. The second-order valence-corrected chi connectivity index (χ2v) is 10.5. The Morgan fingerprint density at radius 1 is 1.10 bits per heavy atom. The van der Waals surface area contributed by atoms with Gasteiger partial charge < -0.3 is 15.5 Å². The topological polar surface area (TPSA) is 116 Å². The molecule has 0 spiro atoms. The van der Waals surface area contributed by atoms with Crippen LogP contribution in [-0.2, 0) is 16.8 Å². The van der Waals surface area contributed by atoms with E-state index in [2.05, 4.69) is 26.8 Å². The fourth-order valence-corrected chi connectivity index (χ4v) is 5.35. The van der Waals surface area contributed by atoms with Gasteiger partial charge in [0.15, 0.2) is 0 Å². The minimum Gasteiger partial charge on any atom is -0.370 e. The molecule has 202 valence electrons. The smallest absolute Gasteiger partial charge is 0.259 e. The number of amides is 2. The summed E-state index contributed by atoms with van der Waals surface area (Å²) in [6.45, 7) is 1.07. The summed E-state index contributed by atoms with van der Waals surface area (Å²) in [6, 6.07) is 16.9. The number of benzene rings is 2. The van der Waals surface area contributed by atoms with Gasteiger partial charge in [0.25, 0.3) is 5.91 Å². The minimum absolute atomic E-state index is 0.0598. The first-order valence-corrected chi connectivity index (χ1v) is 13.4. The van der Waals surface area contributed by atoms with Gasteiger partial charge in [0, 0.05) is 36.9 Å². The molecule has 10 heteroatoms. The Bertz CT molecular complexity index is 1620. The summed E-state index contributed by atoms with van der Waals surface area (Å²) in [4.78, 5) is 32.2. The standard InChI is InChI=1S/C30H28FN7O2/c31-21-6-9-26-24(14-21)28(37-12-10-30(19-32,11-13-37)20-4-2-1-3-5-20)25(16-33-26)29(40)36-23-15-34-38(17-23)18-27(39)35-22-7-8-22/h1-6,9,14-17,22H,7-8,10-13,18H2,(H,35,39)(H,36,40). The number of aromatic nitrogens is 3. The number of nitrogens with one attached hydrogen (secondary N) is 2. The molecule has 1 aliphatic heterocycles. The van der Waals surface area contributed by atoms with Crippen molar-refractivity contribution in [1.82, 2.24) is 20.1 Å². The van der Waals surface area contributed by atoms with E-state index in [1.165, 1.54) is 29.2 Å². The molecule has 1 saturated carbocycles. The maximum Gasteiger partial charge on any atom is 0.259 e. The molecule has 2 aromatic heterocycles. The molecular weight excluding hydrogens is 509 g/mol. The highest BCUT2D eigenvalue weighted by atomic mass is 19.1. The van der Waals surface area contributed by atoms with Crippen LogP contribution < -0.4 is 15.5 Å². The van der Waals surface area contributed by atoms with Gasteiger partial charge in [0.2, 0.25) is 5.91 Å².